The summed E-state index contributed by atoms with van der Waals surface area (Å²) < 4.78 is 10.5. The number of para-hydroxylation sites is 1. The van der Waals surface area contributed by atoms with Crippen molar-refractivity contribution in [3.8, 4) is 5.75 Å². The van der Waals surface area contributed by atoms with E-state index in [-0.39, 0.29) is 19.1 Å². The summed E-state index contributed by atoms with van der Waals surface area (Å²) in [4.78, 5) is 23.3. The van der Waals surface area contributed by atoms with Gasteiger partial charge in [-0.15, -0.1) is 0 Å². The van der Waals surface area contributed by atoms with Crippen molar-refractivity contribution in [1.82, 2.24) is 10.9 Å². The lowest BCUT2D eigenvalue weighted by molar-refractivity contribution is -0.124. The quantitative estimate of drug-likeness (QED) is 0.791. The van der Waals surface area contributed by atoms with Crippen LogP contribution in [0, 0.1) is 0 Å². The van der Waals surface area contributed by atoms with Crippen LogP contribution in [-0.4, -0.2) is 18.6 Å². The fourth-order valence-electron chi connectivity index (χ4n) is 2.15. The molecule has 25 heavy (non-hydrogen) atoms. The van der Waals surface area contributed by atoms with Gasteiger partial charge in [-0.05, 0) is 23.1 Å². The molecular formula is C19H22N2O4. The van der Waals surface area contributed by atoms with Gasteiger partial charge in [0.1, 0.15) is 12.4 Å². The molecule has 0 aliphatic carbocycles. The third kappa shape index (κ3) is 6.18. The molecule has 0 radical (unpaired) electrons. The lowest BCUT2D eigenvalue weighted by Gasteiger charge is -2.14. The monoisotopic (exact) mass is 342 g/mol. The van der Waals surface area contributed by atoms with E-state index in [1.54, 1.807) is 0 Å². The number of nitrogens with one attached hydrogen (secondary N) is 2. The number of hydrazine groups is 1. The summed E-state index contributed by atoms with van der Waals surface area (Å²) in [6, 6.07) is 16.8. The summed E-state index contributed by atoms with van der Waals surface area (Å²) in [5, 5.41) is 0. The Labute approximate surface area is 147 Å². The van der Waals surface area contributed by atoms with Gasteiger partial charge < -0.3 is 9.47 Å². The molecule has 0 aliphatic rings. The van der Waals surface area contributed by atoms with E-state index in [0.29, 0.717) is 5.75 Å². The summed E-state index contributed by atoms with van der Waals surface area (Å²) >= 11 is 0. The van der Waals surface area contributed by atoms with Gasteiger partial charge in [-0.3, -0.25) is 10.2 Å². The maximum Gasteiger partial charge on any atom is 0.426 e. The van der Waals surface area contributed by atoms with Gasteiger partial charge in [0.15, 0.2) is 6.61 Å². The van der Waals surface area contributed by atoms with Crippen molar-refractivity contribution >= 4 is 12.0 Å². The van der Waals surface area contributed by atoms with Crippen LogP contribution in [0.15, 0.2) is 54.6 Å². The highest BCUT2D eigenvalue weighted by atomic mass is 16.6. The van der Waals surface area contributed by atoms with Crippen molar-refractivity contribution in [2.24, 2.45) is 0 Å². The summed E-state index contributed by atoms with van der Waals surface area (Å²) in [7, 11) is 0. The van der Waals surface area contributed by atoms with Crippen LogP contribution < -0.4 is 15.6 Å². The zero-order valence-electron chi connectivity index (χ0n) is 14.3. The van der Waals surface area contributed by atoms with Crippen LogP contribution in [0.2, 0.25) is 0 Å². The maximum absolute atomic E-state index is 11.8. The second-order valence-corrected chi connectivity index (χ2v) is 5.72. The van der Waals surface area contributed by atoms with Gasteiger partial charge in [0, 0.05) is 0 Å². The van der Waals surface area contributed by atoms with E-state index in [2.05, 4.69) is 10.9 Å². The first kappa shape index (κ1) is 18.3. The highest BCUT2D eigenvalue weighted by molar-refractivity contribution is 5.80. The second kappa shape index (κ2) is 9.32. The van der Waals surface area contributed by atoms with Crippen LogP contribution in [0.4, 0.5) is 4.79 Å². The average Bonchev–Trinajstić information content (AvgIpc) is 2.64. The molecule has 0 saturated heterocycles. The topological polar surface area (TPSA) is 76.7 Å². The Kier molecular flexibility index (Phi) is 6.83. The standard InChI is InChI=1S/C19H22N2O4/c1-14(2)16-10-6-7-11-17(16)24-13-18(22)20-21-19(23)25-12-15-8-4-3-5-9-15/h3-11,14H,12-13H2,1-2H3,(H,20,22)(H,21,23). The third-order valence-electron chi connectivity index (χ3n) is 3.42. The van der Waals surface area contributed by atoms with Crippen LogP contribution in [0.5, 0.6) is 5.75 Å². The Balaban J connectivity index is 1.71. The molecule has 0 aromatic heterocycles. The zero-order chi connectivity index (χ0) is 18.1. The van der Waals surface area contributed by atoms with Gasteiger partial charge in [0.25, 0.3) is 5.91 Å². The minimum Gasteiger partial charge on any atom is -0.483 e. The average molecular weight is 342 g/mol. The summed E-state index contributed by atoms with van der Waals surface area (Å²) in [6.07, 6.45) is -0.736. The van der Waals surface area contributed by atoms with Crippen LogP contribution in [0.3, 0.4) is 0 Å². The molecule has 0 saturated carbocycles. The summed E-state index contributed by atoms with van der Waals surface area (Å²) in [6.45, 7) is 4.02. The van der Waals surface area contributed by atoms with E-state index < -0.39 is 12.0 Å². The van der Waals surface area contributed by atoms with E-state index in [1.165, 1.54) is 0 Å². The molecule has 0 fully saturated rings. The predicted molar refractivity (Wildman–Crippen MR) is 93.9 cm³/mol. The molecule has 0 bridgehead atoms. The first-order valence-electron chi connectivity index (χ1n) is 8.03. The molecule has 2 N–H and O–H groups in total. The molecule has 0 spiro atoms. The SMILES string of the molecule is CC(C)c1ccccc1OCC(=O)NNC(=O)OCc1ccccc1. The third-order valence-corrected chi connectivity index (χ3v) is 3.42. The van der Waals surface area contributed by atoms with Gasteiger partial charge in [0.2, 0.25) is 0 Å². The fraction of sp³-hybridized carbons (Fsp3) is 0.263. The first-order valence-corrected chi connectivity index (χ1v) is 8.03. The van der Waals surface area contributed by atoms with Crippen molar-refractivity contribution in [2.75, 3.05) is 6.61 Å². The van der Waals surface area contributed by atoms with E-state index in [4.69, 9.17) is 9.47 Å². The van der Waals surface area contributed by atoms with E-state index in [0.717, 1.165) is 11.1 Å². The molecule has 0 atom stereocenters. The molecule has 2 amide bonds. The van der Waals surface area contributed by atoms with Crippen LogP contribution in [0.25, 0.3) is 0 Å². The molecule has 0 unspecified atom stereocenters. The minimum atomic E-state index is -0.736. The molecule has 2 aromatic carbocycles. The van der Waals surface area contributed by atoms with Crippen LogP contribution in [0.1, 0.15) is 30.9 Å². The Morgan fingerprint density at radius 3 is 2.36 bits per heavy atom. The number of ether oxygens (including phenoxy) is 2. The van der Waals surface area contributed by atoms with Crippen molar-refractivity contribution in [2.45, 2.75) is 26.4 Å². The molecule has 6 heteroatoms. The van der Waals surface area contributed by atoms with Crippen molar-refractivity contribution < 1.29 is 19.1 Å². The van der Waals surface area contributed by atoms with Gasteiger partial charge in [0.05, 0.1) is 0 Å². The van der Waals surface area contributed by atoms with Crippen LogP contribution >= 0.6 is 0 Å². The molecule has 0 heterocycles. The van der Waals surface area contributed by atoms with Crippen molar-refractivity contribution in [3.63, 3.8) is 0 Å². The van der Waals surface area contributed by atoms with Gasteiger partial charge in [-0.25, -0.2) is 10.2 Å². The number of carbonyl (C=O) groups excluding carboxylic acids is 2. The van der Waals surface area contributed by atoms with E-state index in [1.807, 2.05) is 68.4 Å². The minimum absolute atomic E-state index is 0.126. The Morgan fingerprint density at radius 1 is 0.960 bits per heavy atom. The van der Waals surface area contributed by atoms with E-state index >= 15 is 0 Å². The number of carbonyl (C=O) groups is 2. The Morgan fingerprint density at radius 2 is 1.64 bits per heavy atom. The molecular weight excluding hydrogens is 320 g/mol. The molecule has 6 nitrogen and oxygen atoms in total. The summed E-state index contributed by atoms with van der Waals surface area (Å²) in [5.41, 5.74) is 6.31. The molecule has 2 aromatic rings. The lowest BCUT2D eigenvalue weighted by Crippen LogP contribution is -2.44. The fourth-order valence-corrected chi connectivity index (χ4v) is 2.15. The summed E-state index contributed by atoms with van der Waals surface area (Å²) in [5.74, 6) is 0.458. The van der Waals surface area contributed by atoms with Crippen molar-refractivity contribution in [1.29, 1.82) is 0 Å². The second-order valence-electron chi connectivity index (χ2n) is 5.72. The number of hydrogen-bond donors (Lipinski definition) is 2. The maximum atomic E-state index is 11.8. The largest absolute Gasteiger partial charge is 0.483 e. The highest BCUT2D eigenvalue weighted by Gasteiger charge is 2.10. The van der Waals surface area contributed by atoms with Gasteiger partial charge in [-0.2, -0.15) is 0 Å². The van der Waals surface area contributed by atoms with E-state index in [9.17, 15) is 9.59 Å². The molecule has 132 valence electrons. The van der Waals surface area contributed by atoms with Gasteiger partial charge in [-0.1, -0.05) is 62.4 Å². The number of benzene rings is 2. The first-order chi connectivity index (χ1) is 12.1. The number of hydrogen-bond acceptors (Lipinski definition) is 4. The number of amides is 2. The highest BCUT2D eigenvalue weighted by Crippen LogP contribution is 2.25. The smallest absolute Gasteiger partial charge is 0.426 e. The predicted octanol–water partition coefficient (Wildman–Crippen LogP) is 3.15. The molecule has 0 aliphatic heterocycles. The van der Waals surface area contributed by atoms with Crippen molar-refractivity contribution in [3.05, 3.63) is 65.7 Å². The van der Waals surface area contributed by atoms with Gasteiger partial charge >= 0.3 is 6.09 Å². The normalized spacial score (nSPS) is 10.2. The Bertz CT molecular complexity index is 702. The number of rotatable bonds is 6. The lowest BCUT2D eigenvalue weighted by atomic mass is 10.0. The van der Waals surface area contributed by atoms with Crippen LogP contribution in [-0.2, 0) is 16.1 Å². The molecule has 2 rings (SSSR count). The zero-order valence-corrected chi connectivity index (χ0v) is 14.3. The Hall–Kier alpha value is -3.02.